The van der Waals surface area contributed by atoms with Gasteiger partial charge in [-0.15, -0.1) is 5.10 Å². The highest BCUT2D eigenvalue weighted by Gasteiger charge is 2.12. The maximum absolute atomic E-state index is 12.4. The second-order valence-corrected chi connectivity index (χ2v) is 7.61. The number of nitrogens with zero attached hydrogens (tertiary/aromatic N) is 2. The van der Waals surface area contributed by atoms with Crippen molar-refractivity contribution in [2.45, 2.75) is 52.4 Å². The van der Waals surface area contributed by atoms with Crippen molar-refractivity contribution in [1.82, 2.24) is 10.2 Å². The van der Waals surface area contributed by atoms with Gasteiger partial charge in [0.2, 0.25) is 5.89 Å². The molecule has 6 nitrogen and oxygen atoms in total. The van der Waals surface area contributed by atoms with E-state index >= 15 is 0 Å². The smallest absolute Gasteiger partial charge is 0.322 e. The van der Waals surface area contributed by atoms with Crippen molar-refractivity contribution in [3.63, 3.8) is 0 Å². The zero-order valence-corrected chi connectivity index (χ0v) is 17.9. The van der Waals surface area contributed by atoms with Crippen molar-refractivity contribution in [1.29, 1.82) is 0 Å². The van der Waals surface area contributed by atoms with Crippen LogP contribution in [0.5, 0.6) is 5.75 Å². The van der Waals surface area contributed by atoms with Crippen LogP contribution in [0.2, 0.25) is 0 Å². The topological polar surface area (TPSA) is 77.2 Å². The quantitative estimate of drug-likeness (QED) is 0.442. The van der Waals surface area contributed by atoms with E-state index in [0.717, 1.165) is 30.6 Å². The monoisotopic (exact) mass is 407 g/mol. The third kappa shape index (κ3) is 6.17. The van der Waals surface area contributed by atoms with Crippen LogP contribution < -0.4 is 10.1 Å². The average molecular weight is 408 g/mol. The van der Waals surface area contributed by atoms with Crippen molar-refractivity contribution in [2.75, 3.05) is 11.9 Å². The molecule has 0 atom stereocenters. The third-order valence-electron chi connectivity index (χ3n) is 4.82. The van der Waals surface area contributed by atoms with E-state index < -0.39 is 0 Å². The molecule has 0 fully saturated rings. The number of hydrogen-bond acceptors (Lipinski definition) is 5. The maximum atomic E-state index is 12.4. The fourth-order valence-corrected chi connectivity index (χ4v) is 2.98. The summed E-state index contributed by atoms with van der Waals surface area (Å²) in [7, 11) is 0. The number of unbranched alkanes of at least 4 members (excludes halogenated alkanes) is 2. The highest BCUT2D eigenvalue weighted by Crippen LogP contribution is 2.18. The van der Waals surface area contributed by atoms with Crippen molar-refractivity contribution in [2.24, 2.45) is 0 Å². The van der Waals surface area contributed by atoms with Crippen LogP contribution in [0.15, 0.2) is 52.9 Å². The molecule has 0 saturated carbocycles. The number of rotatable bonds is 10. The lowest BCUT2D eigenvalue weighted by molar-refractivity contribution is 0.102. The van der Waals surface area contributed by atoms with Gasteiger partial charge < -0.3 is 9.15 Å². The van der Waals surface area contributed by atoms with E-state index in [2.05, 4.69) is 60.6 Å². The van der Waals surface area contributed by atoms with Crippen LogP contribution in [0.25, 0.3) is 0 Å². The number of amides is 1. The van der Waals surface area contributed by atoms with Crippen molar-refractivity contribution < 1.29 is 13.9 Å². The first-order valence-electron chi connectivity index (χ1n) is 10.5. The van der Waals surface area contributed by atoms with Gasteiger partial charge in [-0.25, -0.2) is 0 Å². The predicted molar refractivity (Wildman–Crippen MR) is 117 cm³/mol. The largest absolute Gasteiger partial charge is 0.494 e. The number of ether oxygens (including phenoxy) is 1. The fourth-order valence-electron chi connectivity index (χ4n) is 2.98. The first kappa shape index (κ1) is 21.6. The second kappa shape index (κ2) is 10.6. The second-order valence-electron chi connectivity index (χ2n) is 7.61. The molecule has 0 aliphatic carbocycles. The summed E-state index contributed by atoms with van der Waals surface area (Å²) in [6.07, 6.45) is 3.85. The van der Waals surface area contributed by atoms with Gasteiger partial charge in [-0.3, -0.25) is 10.1 Å². The molecule has 0 bridgehead atoms. The predicted octanol–water partition coefficient (Wildman–Crippen LogP) is 5.61. The summed E-state index contributed by atoms with van der Waals surface area (Å²) in [5.41, 5.74) is 2.87. The van der Waals surface area contributed by atoms with Crippen LogP contribution in [0.4, 0.5) is 6.01 Å². The Bertz CT molecular complexity index is 931. The molecule has 0 saturated heterocycles. The molecule has 3 aromatic rings. The lowest BCUT2D eigenvalue weighted by atomic mass is 10.0. The van der Waals surface area contributed by atoms with Gasteiger partial charge in [-0.05, 0) is 47.7 Å². The van der Waals surface area contributed by atoms with E-state index in [1.165, 1.54) is 5.56 Å². The summed E-state index contributed by atoms with van der Waals surface area (Å²) in [6.45, 7) is 7.17. The van der Waals surface area contributed by atoms with E-state index in [-0.39, 0.29) is 11.9 Å². The number of carbonyl (C=O) groups is 1. The number of aromatic nitrogens is 2. The Balaban J connectivity index is 1.53. The Morgan fingerprint density at radius 1 is 1.03 bits per heavy atom. The summed E-state index contributed by atoms with van der Waals surface area (Å²) < 4.78 is 11.2. The summed E-state index contributed by atoms with van der Waals surface area (Å²) in [5.74, 6) is 1.40. The minimum atomic E-state index is -0.302. The highest BCUT2D eigenvalue weighted by atomic mass is 16.5. The zero-order chi connectivity index (χ0) is 21.3. The van der Waals surface area contributed by atoms with E-state index in [0.29, 0.717) is 30.4 Å². The summed E-state index contributed by atoms with van der Waals surface area (Å²) >= 11 is 0. The maximum Gasteiger partial charge on any atom is 0.322 e. The molecule has 0 unspecified atom stereocenters. The Morgan fingerprint density at radius 2 is 1.77 bits per heavy atom. The number of anilines is 1. The van der Waals surface area contributed by atoms with E-state index in [4.69, 9.17) is 9.15 Å². The van der Waals surface area contributed by atoms with Crippen molar-refractivity contribution in [3.05, 3.63) is 71.1 Å². The minimum Gasteiger partial charge on any atom is -0.494 e. The average Bonchev–Trinajstić information content (AvgIpc) is 3.18. The fraction of sp³-hybridized carbons (Fsp3) is 0.375. The number of nitrogens with one attached hydrogen (secondary N) is 1. The summed E-state index contributed by atoms with van der Waals surface area (Å²) in [5, 5.41) is 10.6. The van der Waals surface area contributed by atoms with Gasteiger partial charge in [0.05, 0.1) is 13.0 Å². The van der Waals surface area contributed by atoms with Crippen LogP contribution in [0.3, 0.4) is 0 Å². The van der Waals surface area contributed by atoms with Crippen molar-refractivity contribution >= 4 is 11.9 Å². The van der Waals surface area contributed by atoms with Gasteiger partial charge in [0.1, 0.15) is 5.75 Å². The SMILES string of the molecule is CCCCCOc1ccc(C(=O)Nc2nnc(Cc3ccc(C(C)C)cc3)o2)cc1. The molecule has 1 heterocycles. The third-order valence-corrected chi connectivity index (χ3v) is 4.82. The minimum absolute atomic E-state index is 0.0914. The molecule has 1 amide bonds. The Hall–Kier alpha value is -3.15. The van der Waals surface area contributed by atoms with Gasteiger partial charge in [0.25, 0.3) is 5.91 Å². The summed E-state index contributed by atoms with van der Waals surface area (Å²) in [6, 6.07) is 15.5. The van der Waals surface area contributed by atoms with E-state index in [9.17, 15) is 4.79 Å². The van der Waals surface area contributed by atoms with Gasteiger partial charge in [-0.2, -0.15) is 0 Å². The molecule has 30 heavy (non-hydrogen) atoms. The molecule has 0 spiro atoms. The molecule has 0 radical (unpaired) electrons. The van der Waals surface area contributed by atoms with Crippen LogP contribution in [-0.2, 0) is 6.42 Å². The molecule has 3 rings (SSSR count). The zero-order valence-electron chi connectivity index (χ0n) is 17.9. The van der Waals surface area contributed by atoms with Gasteiger partial charge in [-0.1, -0.05) is 63.0 Å². The lowest BCUT2D eigenvalue weighted by Gasteiger charge is -2.06. The lowest BCUT2D eigenvalue weighted by Crippen LogP contribution is -2.12. The van der Waals surface area contributed by atoms with Crippen molar-refractivity contribution in [3.8, 4) is 5.75 Å². The molecule has 1 aromatic heterocycles. The molecular weight excluding hydrogens is 378 g/mol. The summed E-state index contributed by atoms with van der Waals surface area (Å²) in [4.78, 5) is 12.4. The van der Waals surface area contributed by atoms with Crippen LogP contribution >= 0.6 is 0 Å². The molecule has 1 N–H and O–H groups in total. The number of carbonyl (C=O) groups excluding carboxylic acids is 1. The molecule has 0 aliphatic rings. The molecule has 0 aliphatic heterocycles. The van der Waals surface area contributed by atoms with Crippen LogP contribution in [0, 0.1) is 0 Å². The Labute approximate surface area is 177 Å². The van der Waals surface area contributed by atoms with Gasteiger partial charge in [0, 0.05) is 5.56 Å². The molecular formula is C24H29N3O3. The molecule has 2 aromatic carbocycles. The van der Waals surface area contributed by atoms with E-state index in [1.807, 2.05) is 0 Å². The van der Waals surface area contributed by atoms with Gasteiger partial charge in [0.15, 0.2) is 0 Å². The first-order chi connectivity index (χ1) is 14.5. The molecule has 158 valence electrons. The standard InChI is InChI=1S/C24H29N3O3/c1-4-5-6-15-29-21-13-11-20(12-14-21)23(28)25-24-27-26-22(30-24)16-18-7-9-19(10-8-18)17(2)3/h7-14,17H,4-6,15-16H2,1-3H3,(H,25,27,28). The normalized spacial score (nSPS) is 10.9. The Kier molecular flexibility index (Phi) is 7.60. The van der Waals surface area contributed by atoms with Crippen LogP contribution in [-0.4, -0.2) is 22.7 Å². The van der Waals surface area contributed by atoms with Gasteiger partial charge >= 0.3 is 6.01 Å². The number of benzene rings is 2. The van der Waals surface area contributed by atoms with Crippen LogP contribution in [0.1, 0.15) is 73.3 Å². The highest BCUT2D eigenvalue weighted by molar-refractivity contribution is 6.03. The number of hydrogen-bond donors (Lipinski definition) is 1. The Morgan fingerprint density at radius 3 is 2.43 bits per heavy atom. The van der Waals surface area contributed by atoms with E-state index in [1.54, 1.807) is 24.3 Å². The molecule has 6 heteroatoms. The first-order valence-corrected chi connectivity index (χ1v) is 10.5.